The molecule has 2 heterocycles. The molecule has 0 spiro atoms. The number of aromatic amines is 1. The Morgan fingerprint density at radius 1 is 1.23 bits per heavy atom. The normalized spacial score (nSPS) is 10.6. The van der Waals surface area contributed by atoms with Gasteiger partial charge in [0, 0.05) is 23.6 Å². The standard InChI is InChI=1S/C15H19N5.C2H2O4/c1-19(2)6-5-13-8-17-15-4-3-12(7-14(13)15)9-20-11-16-10-18-20;3-1(4)2(5)6/h3-4,7-8,10-11,17H,5-6,9H2,1-2H3;(H,3,4)(H,5,6). The van der Waals surface area contributed by atoms with Crippen molar-refractivity contribution < 1.29 is 19.8 Å². The molecule has 26 heavy (non-hydrogen) atoms. The Labute approximate surface area is 149 Å². The molecule has 138 valence electrons. The Hall–Kier alpha value is -3.20. The van der Waals surface area contributed by atoms with E-state index in [0.717, 1.165) is 19.5 Å². The van der Waals surface area contributed by atoms with Crippen LogP contribution in [0.1, 0.15) is 11.1 Å². The molecule has 2 aromatic heterocycles. The monoisotopic (exact) mass is 359 g/mol. The zero-order valence-corrected chi connectivity index (χ0v) is 14.6. The lowest BCUT2D eigenvalue weighted by Crippen LogP contribution is -2.14. The van der Waals surface area contributed by atoms with Gasteiger partial charge in [0.15, 0.2) is 0 Å². The third-order valence-electron chi connectivity index (χ3n) is 3.65. The summed E-state index contributed by atoms with van der Waals surface area (Å²) in [6.07, 6.45) is 6.48. The molecular weight excluding hydrogens is 338 g/mol. The maximum absolute atomic E-state index is 9.10. The number of rotatable bonds is 5. The predicted molar refractivity (Wildman–Crippen MR) is 95.0 cm³/mol. The van der Waals surface area contributed by atoms with Crippen molar-refractivity contribution in [1.82, 2.24) is 24.6 Å². The molecule has 0 aliphatic carbocycles. The van der Waals surface area contributed by atoms with Crippen molar-refractivity contribution in [3.05, 3.63) is 48.2 Å². The number of H-pyrrole nitrogens is 1. The molecule has 0 unspecified atom stereocenters. The number of carbonyl (C=O) groups is 2. The quantitative estimate of drug-likeness (QED) is 0.582. The molecule has 0 aliphatic rings. The van der Waals surface area contributed by atoms with E-state index in [1.165, 1.54) is 22.0 Å². The van der Waals surface area contributed by atoms with Crippen LogP contribution in [0.4, 0.5) is 0 Å². The molecule has 0 bridgehead atoms. The highest BCUT2D eigenvalue weighted by Crippen LogP contribution is 2.21. The van der Waals surface area contributed by atoms with Gasteiger partial charge in [0.1, 0.15) is 12.7 Å². The van der Waals surface area contributed by atoms with Crippen LogP contribution in [0, 0.1) is 0 Å². The summed E-state index contributed by atoms with van der Waals surface area (Å²) in [6, 6.07) is 6.52. The van der Waals surface area contributed by atoms with E-state index in [0.29, 0.717) is 0 Å². The van der Waals surface area contributed by atoms with E-state index >= 15 is 0 Å². The summed E-state index contributed by atoms with van der Waals surface area (Å²) in [4.78, 5) is 27.7. The van der Waals surface area contributed by atoms with Gasteiger partial charge in [0.05, 0.1) is 6.54 Å². The highest BCUT2D eigenvalue weighted by Gasteiger charge is 2.06. The first-order valence-electron chi connectivity index (χ1n) is 7.89. The molecule has 3 N–H and O–H groups in total. The molecule has 9 heteroatoms. The molecule has 0 atom stereocenters. The van der Waals surface area contributed by atoms with Gasteiger partial charge in [-0.15, -0.1) is 0 Å². The van der Waals surface area contributed by atoms with E-state index in [-0.39, 0.29) is 0 Å². The van der Waals surface area contributed by atoms with Gasteiger partial charge in [0.2, 0.25) is 0 Å². The fraction of sp³-hybridized carbons (Fsp3) is 0.294. The van der Waals surface area contributed by atoms with Gasteiger partial charge >= 0.3 is 11.9 Å². The Bertz CT molecular complexity index is 859. The number of nitrogens with one attached hydrogen (secondary N) is 1. The first-order chi connectivity index (χ1) is 12.4. The lowest BCUT2D eigenvalue weighted by Gasteiger charge is -2.08. The molecule has 0 fully saturated rings. The zero-order chi connectivity index (χ0) is 19.1. The molecular formula is C17H21N5O4. The predicted octanol–water partition coefficient (Wildman–Crippen LogP) is 1.07. The average molecular weight is 359 g/mol. The molecule has 0 amide bonds. The van der Waals surface area contributed by atoms with E-state index in [2.05, 4.69) is 58.5 Å². The number of nitrogens with zero attached hydrogens (tertiary/aromatic N) is 4. The van der Waals surface area contributed by atoms with Crippen molar-refractivity contribution in [2.75, 3.05) is 20.6 Å². The number of carboxylic acids is 2. The fourth-order valence-corrected chi connectivity index (χ4v) is 2.38. The van der Waals surface area contributed by atoms with E-state index < -0.39 is 11.9 Å². The van der Waals surface area contributed by atoms with Crippen LogP contribution < -0.4 is 0 Å². The van der Waals surface area contributed by atoms with Gasteiger partial charge in [-0.2, -0.15) is 5.10 Å². The fourth-order valence-electron chi connectivity index (χ4n) is 2.38. The number of aliphatic carboxylic acids is 2. The number of fused-ring (bicyclic) bond motifs is 1. The second kappa shape index (κ2) is 8.77. The topological polar surface area (TPSA) is 124 Å². The number of aromatic nitrogens is 4. The van der Waals surface area contributed by atoms with Crippen LogP contribution in [-0.4, -0.2) is 67.4 Å². The second-order valence-corrected chi connectivity index (χ2v) is 5.95. The van der Waals surface area contributed by atoms with Gasteiger partial charge in [-0.05, 0) is 43.8 Å². The third-order valence-corrected chi connectivity index (χ3v) is 3.65. The molecule has 0 aliphatic heterocycles. The summed E-state index contributed by atoms with van der Waals surface area (Å²) >= 11 is 0. The number of hydrogen-bond acceptors (Lipinski definition) is 5. The molecule has 3 rings (SSSR count). The number of hydrogen-bond donors (Lipinski definition) is 3. The van der Waals surface area contributed by atoms with Crippen molar-refractivity contribution in [2.45, 2.75) is 13.0 Å². The third kappa shape index (κ3) is 5.42. The van der Waals surface area contributed by atoms with Crippen molar-refractivity contribution in [3.8, 4) is 0 Å². The Kier molecular flexibility index (Phi) is 6.45. The van der Waals surface area contributed by atoms with E-state index in [9.17, 15) is 0 Å². The van der Waals surface area contributed by atoms with E-state index in [4.69, 9.17) is 19.8 Å². The largest absolute Gasteiger partial charge is 0.473 e. The molecule has 3 aromatic rings. The summed E-state index contributed by atoms with van der Waals surface area (Å²) < 4.78 is 1.84. The van der Waals surface area contributed by atoms with E-state index in [1.807, 2.05) is 4.68 Å². The van der Waals surface area contributed by atoms with Crippen molar-refractivity contribution in [3.63, 3.8) is 0 Å². The lowest BCUT2D eigenvalue weighted by atomic mass is 10.1. The van der Waals surface area contributed by atoms with Crippen molar-refractivity contribution in [2.24, 2.45) is 0 Å². The number of benzene rings is 1. The molecule has 0 saturated carbocycles. The number of carboxylic acid groups (broad SMARTS) is 2. The van der Waals surface area contributed by atoms with Crippen molar-refractivity contribution in [1.29, 1.82) is 0 Å². The lowest BCUT2D eigenvalue weighted by molar-refractivity contribution is -0.159. The van der Waals surface area contributed by atoms with Crippen LogP contribution in [0.25, 0.3) is 10.9 Å². The summed E-state index contributed by atoms with van der Waals surface area (Å²) in [5.74, 6) is -3.65. The smallest absolute Gasteiger partial charge is 0.414 e. The minimum absolute atomic E-state index is 0.758. The molecule has 1 aromatic carbocycles. The molecule has 9 nitrogen and oxygen atoms in total. The first kappa shape index (κ1) is 19.1. The zero-order valence-electron chi connectivity index (χ0n) is 14.6. The Balaban J connectivity index is 0.000000352. The highest BCUT2D eigenvalue weighted by molar-refractivity contribution is 6.27. The molecule has 0 saturated heterocycles. The number of likely N-dealkylation sites (N-methyl/N-ethyl adjacent to an activating group) is 1. The van der Waals surface area contributed by atoms with Gasteiger partial charge < -0.3 is 20.1 Å². The average Bonchev–Trinajstić information content (AvgIpc) is 3.23. The van der Waals surface area contributed by atoms with E-state index in [1.54, 1.807) is 12.7 Å². The van der Waals surface area contributed by atoms with Crippen LogP contribution in [-0.2, 0) is 22.6 Å². The summed E-state index contributed by atoms with van der Waals surface area (Å²) in [6.45, 7) is 1.81. The van der Waals surface area contributed by atoms with Gasteiger partial charge in [-0.25, -0.2) is 19.3 Å². The van der Waals surface area contributed by atoms with Crippen LogP contribution in [0.3, 0.4) is 0 Å². The van der Waals surface area contributed by atoms with Crippen molar-refractivity contribution >= 4 is 22.8 Å². The van der Waals surface area contributed by atoms with Gasteiger partial charge in [-0.1, -0.05) is 6.07 Å². The second-order valence-electron chi connectivity index (χ2n) is 5.95. The first-order valence-corrected chi connectivity index (χ1v) is 7.89. The SMILES string of the molecule is CN(C)CCc1c[nH]c2ccc(Cn3cncn3)cc12.O=C(O)C(=O)O. The summed E-state index contributed by atoms with van der Waals surface area (Å²) in [5, 5.41) is 20.2. The minimum Gasteiger partial charge on any atom is -0.473 e. The minimum atomic E-state index is -1.82. The highest BCUT2D eigenvalue weighted by atomic mass is 16.4. The maximum atomic E-state index is 9.10. The summed E-state index contributed by atoms with van der Waals surface area (Å²) in [7, 11) is 4.20. The van der Waals surface area contributed by atoms with Crippen LogP contribution in [0.2, 0.25) is 0 Å². The van der Waals surface area contributed by atoms with Crippen LogP contribution in [0.5, 0.6) is 0 Å². The van der Waals surface area contributed by atoms with Crippen LogP contribution >= 0.6 is 0 Å². The summed E-state index contributed by atoms with van der Waals surface area (Å²) in [5.41, 5.74) is 3.81. The van der Waals surface area contributed by atoms with Gasteiger partial charge in [-0.3, -0.25) is 0 Å². The molecule has 0 radical (unpaired) electrons. The maximum Gasteiger partial charge on any atom is 0.414 e. The Morgan fingerprint density at radius 3 is 2.54 bits per heavy atom. The Morgan fingerprint density at radius 2 is 1.96 bits per heavy atom. The van der Waals surface area contributed by atoms with Gasteiger partial charge in [0.25, 0.3) is 0 Å². The van der Waals surface area contributed by atoms with Crippen LogP contribution in [0.15, 0.2) is 37.1 Å².